The molecule has 2 heterocycles. The first-order valence-electron chi connectivity index (χ1n) is 8.60. The van der Waals surface area contributed by atoms with Gasteiger partial charge >= 0.3 is 0 Å². The number of carbonyl (C=O) groups excluding carboxylic acids is 1. The molecule has 0 radical (unpaired) electrons. The van der Waals surface area contributed by atoms with Gasteiger partial charge in [-0.1, -0.05) is 6.07 Å². The number of pyridine rings is 1. The average molecular weight is 381 g/mol. The molecule has 3 aromatic rings. The fourth-order valence-corrected chi connectivity index (χ4v) is 3.54. The second kappa shape index (κ2) is 7.46. The predicted octanol–water partition coefficient (Wildman–Crippen LogP) is 3.25. The van der Waals surface area contributed by atoms with Crippen molar-refractivity contribution in [3.05, 3.63) is 42.1 Å². The molecular weight excluding hydrogens is 362 g/mol. The summed E-state index contributed by atoms with van der Waals surface area (Å²) in [5.74, 6) is 1.31. The maximum atomic E-state index is 11.3. The number of benzene rings is 2. The van der Waals surface area contributed by atoms with Crippen molar-refractivity contribution >= 4 is 35.6 Å². The molecule has 0 saturated carbocycles. The van der Waals surface area contributed by atoms with E-state index in [2.05, 4.69) is 28.2 Å². The molecule has 0 aliphatic carbocycles. The maximum Gasteiger partial charge on any atom is 0.231 e. The van der Waals surface area contributed by atoms with Gasteiger partial charge in [0.2, 0.25) is 13.2 Å². The number of amides is 1. The second-order valence-electron chi connectivity index (χ2n) is 6.23. The summed E-state index contributed by atoms with van der Waals surface area (Å²) in [5.41, 5.74) is 4.43. The minimum atomic E-state index is 0.187. The van der Waals surface area contributed by atoms with Crippen LogP contribution in [0.25, 0.3) is 22.0 Å². The molecule has 1 aliphatic rings. The third-order valence-electron chi connectivity index (χ3n) is 4.59. The third-order valence-corrected chi connectivity index (χ3v) is 4.87. The highest BCUT2D eigenvalue weighted by Crippen LogP contribution is 2.41. The lowest BCUT2D eigenvalue weighted by Gasteiger charge is -2.16. The van der Waals surface area contributed by atoms with Gasteiger partial charge in [-0.2, -0.15) is 0 Å². The van der Waals surface area contributed by atoms with Crippen molar-refractivity contribution in [2.75, 3.05) is 25.7 Å². The Hall–Kier alpha value is -2.77. The number of fused-ring (bicyclic) bond motifs is 2. The quantitative estimate of drug-likeness (QED) is 0.452. The van der Waals surface area contributed by atoms with Crippen molar-refractivity contribution in [1.82, 2.24) is 10.3 Å². The summed E-state index contributed by atoms with van der Waals surface area (Å²) >= 11 is 4.47. The largest absolute Gasteiger partial charge is 0.454 e. The minimum Gasteiger partial charge on any atom is -0.454 e. The second-order valence-corrected chi connectivity index (χ2v) is 6.74. The molecule has 0 spiro atoms. The molecule has 7 heteroatoms. The van der Waals surface area contributed by atoms with Crippen molar-refractivity contribution in [3.63, 3.8) is 0 Å². The van der Waals surface area contributed by atoms with Crippen LogP contribution < -0.4 is 20.1 Å². The highest BCUT2D eigenvalue weighted by atomic mass is 32.1. The number of carbonyl (C=O) groups is 1. The highest BCUT2D eigenvalue weighted by Gasteiger charge is 2.19. The summed E-state index contributed by atoms with van der Waals surface area (Å²) in [6.07, 6.45) is 3.30. The number of nitrogens with one attached hydrogen (secondary N) is 2. The molecule has 138 valence electrons. The van der Waals surface area contributed by atoms with E-state index in [0.717, 1.165) is 45.5 Å². The van der Waals surface area contributed by atoms with Crippen LogP contribution in [-0.2, 0) is 11.2 Å². The number of hydrogen-bond acceptors (Lipinski definition) is 6. The van der Waals surface area contributed by atoms with E-state index in [0.29, 0.717) is 23.6 Å². The zero-order valence-corrected chi connectivity index (χ0v) is 15.7. The van der Waals surface area contributed by atoms with E-state index in [1.165, 1.54) is 0 Å². The molecular formula is C20H19N3O3S. The summed E-state index contributed by atoms with van der Waals surface area (Å²) in [5, 5.41) is 6.83. The monoisotopic (exact) mass is 381 g/mol. The number of aromatic nitrogens is 1. The van der Waals surface area contributed by atoms with Crippen molar-refractivity contribution in [2.45, 2.75) is 11.3 Å². The molecule has 0 unspecified atom stereocenters. The predicted molar refractivity (Wildman–Crippen MR) is 108 cm³/mol. The minimum absolute atomic E-state index is 0.187. The summed E-state index contributed by atoms with van der Waals surface area (Å²) in [4.78, 5) is 16.8. The van der Waals surface area contributed by atoms with E-state index in [4.69, 9.17) is 9.47 Å². The Balaban J connectivity index is 1.93. The van der Waals surface area contributed by atoms with Crippen LogP contribution in [0, 0.1) is 0 Å². The highest BCUT2D eigenvalue weighted by molar-refractivity contribution is 7.80. The van der Waals surface area contributed by atoms with Gasteiger partial charge in [-0.15, -0.1) is 12.6 Å². The van der Waals surface area contributed by atoms with Gasteiger partial charge < -0.3 is 20.1 Å². The Morgan fingerprint density at radius 1 is 1.19 bits per heavy atom. The SMILES string of the molecule is CNCCc1cc(S)ccc1-c1cnc2cc3c(cc2c1NC=O)OCO3. The number of rotatable bonds is 6. The zero-order chi connectivity index (χ0) is 18.8. The summed E-state index contributed by atoms with van der Waals surface area (Å²) < 4.78 is 10.9. The Bertz CT molecular complexity index is 1020. The van der Waals surface area contributed by atoms with Gasteiger partial charge in [-0.05, 0) is 49.3 Å². The van der Waals surface area contributed by atoms with Crippen molar-refractivity contribution < 1.29 is 14.3 Å². The Kier molecular flexibility index (Phi) is 4.87. The van der Waals surface area contributed by atoms with Crippen LogP contribution in [0.4, 0.5) is 5.69 Å². The average Bonchev–Trinajstić information content (AvgIpc) is 3.13. The Labute approximate surface area is 162 Å². The van der Waals surface area contributed by atoms with Crippen LogP contribution in [-0.4, -0.2) is 31.8 Å². The lowest BCUT2D eigenvalue weighted by Crippen LogP contribution is -2.11. The van der Waals surface area contributed by atoms with Gasteiger partial charge in [0, 0.05) is 28.1 Å². The Morgan fingerprint density at radius 3 is 2.78 bits per heavy atom. The van der Waals surface area contributed by atoms with E-state index < -0.39 is 0 Å². The van der Waals surface area contributed by atoms with Crippen molar-refractivity contribution in [1.29, 1.82) is 0 Å². The summed E-state index contributed by atoms with van der Waals surface area (Å²) in [7, 11) is 1.92. The molecule has 1 aromatic heterocycles. The van der Waals surface area contributed by atoms with Crippen LogP contribution in [0.1, 0.15) is 5.56 Å². The molecule has 0 saturated heterocycles. The van der Waals surface area contributed by atoms with Gasteiger partial charge in [0.05, 0.1) is 11.2 Å². The normalized spacial score (nSPS) is 12.4. The number of likely N-dealkylation sites (N-methyl/N-ethyl adjacent to an activating group) is 1. The summed E-state index contributed by atoms with van der Waals surface area (Å²) in [6, 6.07) is 9.69. The van der Waals surface area contributed by atoms with Gasteiger partial charge in [0.15, 0.2) is 11.5 Å². The fraction of sp³-hybridized carbons (Fsp3) is 0.200. The third kappa shape index (κ3) is 3.31. The maximum absolute atomic E-state index is 11.3. The molecule has 0 bridgehead atoms. The molecule has 1 amide bonds. The number of nitrogens with zero attached hydrogens (tertiary/aromatic N) is 1. The number of hydrogen-bond donors (Lipinski definition) is 3. The lowest BCUT2D eigenvalue weighted by molar-refractivity contribution is -0.105. The molecule has 0 atom stereocenters. The summed E-state index contributed by atoms with van der Waals surface area (Å²) in [6.45, 7) is 1.02. The first-order chi connectivity index (χ1) is 13.2. The van der Waals surface area contributed by atoms with Gasteiger partial charge in [-0.25, -0.2) is 0 Å². The fourth-order valence-electron chi connectivity index (χ4n) is 3.31. The van der Waals surface area contributed by atoms with Crippen LogP contribution in [0.3, 0.4) is 0 Å². The molecule has 1 aliphatic heterocycles. The van der Waals surface area contributed by atoms with Crippen LogP contribution in [0.2, 0.25) is 0 Å². The molecule has 0 fully saturated rings. The molecule has 2 N–H and O–H groups in total. The first-order valence-corrected chi connectivity index (χ1v) is 9.05. The topological polar surface area (TPSA) is 72.5 Å². The number of anilines is 1. The van der Waals surface area contributed by atoms with Gasteiger partial charge in [0.25, 0.3) is 0 Å². The smallest absolute Gasteiger partial charge is 0.231 e. The van der Waals surface area contributed by atoms with Gasteiger partial charge in [-0.3, -0.25) is 9.78 Å². The standard InChI is InChI=1S/C20H19N3O3S/c1-21-5-4-12-6-13(27)2-3-14(12)16-9-22-17-8-19-18(25-11-26-19)7-15(17)20(16)23-10-24/h2-3,6-10,21,27H,4-5,11H2,1H3,(H,22,23,24). The molecule has 27 heavy (non-hydrogen) atoms. The zero-order valence-electron chi connectivity index (χ0n) is 14.8. The number of ether oxygens (including phenoxy) is 2. The number of thiol groups is 1. The van der Waals surface area contributed by atoms with Crippen LogP contribution >= 0.6 is 12.6 Å². The van der Waals surface area contributed by atoms with E-state index in [1.807, 2.05) is 37.4 Å². The molecule has 4 rings (SSSR count). The van der Waals surface area contributed by atoms with Crippen LogP contribution in [0.5, 0.6) is 11.5 Å². The van der Waals surface area contributed by atoms with E-state index in [9.17, 15) is 4.79 Å². The van der Waals surface area contributed by atoms with Gasteiger partial charge in [0.1, 0.15) is 0 Å². The molecule has 6 nitrogen and oxygen atoms in total. The lowest BCUT2D eigenvalue weighted by atomic mass is 9.96. The van der Waals surface area contributed by atoms with Crippen LogP contribution in [0.15, 0.2) is 41.4 Å². The van der Waals surface area contributed by atoms with E-state index >= 15 is 0 Å². The van der Waals surface area contributed by atoms with Crippen molar-refractivity contribution in [3.8, 4) is 22.6 Å². The molecule has 2 aromatic carbocycles. The first kappa shape index (κ1) is 17.6. The van der Waals surface area contributed by atoms with Crippen molar-refractivity contribution in [2.24, 2.45) is 0 Å². The Morgan fingerprint density at radius 2 is 2.00 bits per heavy atom. The van der Waals surface area contributed by atoms with E-state index in [1.54, 1.807) is 6.20 Å². The van der Waals surface area contributed by atoms with E-state index in [-0.39, 0.29) is 6.79 Å².